The van der Waals surface area contributed by atoms with Crippen LogP contribution in [0.4, 0.5) is 34.1 Å². The third-order valence-electron chi connectivity index (χ3n) is 18.0. The summed E-state index contributed by atoms with van der Waals surface area (Å²) in [5.74, 6) is 0. The lowest BCUT2D eigenvalue weighted by atomic mass is 10.0. The van der Waals surface area contributed by atoms with Crippen LogP contribution in [-0.4, -0.2) is 8.80 Å². The van der Waals surface area contributed by atoms with Gasteiger partial charge >= 0.3 is 0 Å². The van der Waals surface area contributed by atoms with Gasteiger partial charge in [0.25, 0.3) is 0 Å². The molecule has 0 bridgehead atoms. The minimum absolute atomic E-state index is 0.838. The molecule has 0 N–H and O–H groups in total. The highest BCUT2D eigenvalue weighted by Gasteiger charge is 2.29. The summed E-state index contributed by atoms with van der Waals surface area (Å²) in [6.07, 6.45) is 2.41. The highest BCUT2D eigenvalue weighted by atomic mass is 16.3. The predicted molar refractivity (Wildman–Crippen MR) is 355 cm³/mol. The SMILES string of the molecule is C=c1/c(=C\c2c(C)n3c4ccccc4c4c(N(c5ccc(-c6ccccc6)cc5)c5cccc6c5oc5ccccc56)ccc2c43)n2c3ccccc3c3c(N(c4ccc(-c5ccccc5)cc4)c4cccc5c4oc4ccccc45)ccc1c32. The van der Waals surface area contributed by atoms with Crippen molar-refractivity contribution in [1.29, 1.82) is 0 Å². The number of rotatable bonds is 9. The van der Waals surface area contributed by atoms with Crippen LogP contribution in [0.5, 0.6) is 0 Å². The van der Waals surface area contributed by atoms with Gasteiger partial charge in [-0.3, -0.25) is 0 Å². The van der Waals surface area contributed by atoms with Gasteiger partial charge in [-0.05, 0) is 108 Å². The molecule has 0 fully saturated rings. The molecule has 12 aromatic carbocycles. The molecule has 6 heteroatoms. The number of hydrogen-bond donors (Lipinski definition) is 0. The van der Waals surface area contributed by atoms with E-state index in [1.54, 1.807) is 0 Å². The fraction of sp³-hybridized carbons (Fsp3) is 0.0127. The van der Waals surface area contributed by atoms with Crippen LogP contribution in [0.3, 0.4) is 0 Å². The van der Waals surface area contributed by atoms with Gasteiger partial charge in [-0.15, -0.1) is 0 Å². The molecule has 0 atom stereocenters. The second-order valence-corrected chi connectivity index (χ2v) is 22.4. The molecule has 0 radical (unpaired) electrons. The monoisotopic (exact) mass is 1090 g/mol. The number of nitrogens with zero attached hydrogens (tertiary/aromatic N) is 4. The number of hydrogen-bond acceptors (Lipinski definition) is 4. The summed E-state index contributed by atoms with van der Waals surface area (Å²) >= 11 is 0. The number of fused-ring (bicyclic) bond motifs is 12. The lowest BCUT2D eigenvalue weighted by Crippen LogP contribution is -2.24. The molecular formula is C79H50N4O2. The first-order valence-corrected chi connectivity index (χ1v) is 29.0. The first-order valence-electron chi connectivity index (χ1n) is 29.0. The third kappa shape index (κ3) is 6.82. The van der Waals surface area contributed by atoms with Gasteiger partial charge in [-0.25, -0.2) is 0 Å². The maximum absolute atomic E-state index is 6.87. The number of anilines is 6. The summed E-state index contributed by atoms with van der Waals surface area (Å²) < 4.78 is 18.7. The van der Waals surface area contributed by atoms with E-state index >= 15 is 0 Å². The number of furan rings is 2. The van der Waals surface area contributed by atoms with Crippen molar-refractivity contribution in [1.82, 2.24) is 8.80 Å². The van der Waals surface area contributed by atoms with Crippen LogP contribution in [0.1, 0.15) is 11.3 Å². The van der Waals surface area contributed by atoms with E-state index in [9.17, 15) is 0 Å². The molecule has 18 aromatic rings. The van der Waals surface area contributed by atoms with Crippen LogP contribution in [0, 0.1) is 6.92 Å². The van der Waals surface area contributed by atoms with Gasteiger partial charge in [0.15, 0.2) is 11.2 Å². The minimum Gasteiger partial charge on any atom is -0.454 e. The molecule has 0 unspecified atom stereocenters. The fourth-order valence-corrected chi connectivity index (χ4v) is 14.1. The van der Waals surface area contributed by atoms with Crippen LogP contribution >= 0.6 is 0 Å². The molecule has 0 aliphatic carbocycles. The average Bonchev–Trinajstić information content (AvgIpc) is 1.62. The normalized spacial score (nSPS) is 12.4. The molecule has 0 amide bonds. The zero-order valence-electron chi connectivity index (χ0n) is 46.3. The van der Waals surface area contributed by atoms with Crippen LogP contribution < -0.4 is 20.4 Å². The molecule has 6 heterocycles. The zero-order chi connectivity index (χ0) is 56.0. The summed E-state index contributed by atoms with van der Waals surface area (Å²) in [4.78, 5) is 4.81. The summed E-state index contributed by atoms with van der Waals surface area (Å²) in [5.41, 5.74) is 21.1. The molecule has 18 rings (SSSR count). The lowest BCUT2D eigenvalue weighted by molar-refractivity contribution is 0.669. The molecule has 0 aliphatic rings. The summed E-state index contributed by atoms with van der Waals surface area (Å²) in [6, 6.07) is 95.8. The maximum Gasteiger partial charge on any atom is 0.159 e. The topological polar surface area (TPSA) is 41.6 Å². The maximum atomic E-state index is 6.87. The first-order chi connectivity index (χ1) is 42.0. The van der Waals surface area contributed by atoms with Gasteiger partial charge in [-0.2, -0.15) is 0 Å². The molecule has 85 heavy (non-hydrogen) atoms. The molecular weight excluding hydrogens is 1040 g/mol. The summed E-state index contributed by atoms with van der Waals surface area (Å²) in [6.45, 7) is 7.24. The number of aromatic nitrogens is 2. The lowest BCUT2D eigenvalue weighted by Gasteiger charge is -2.27. The molecule has 0 saturated heterocycles. The van der Waals surface area contributed by atoms with E-state index in [-0.39, 0.29) is 0 Å². The Morgan fingerprint density at radius 3 is 1.27 bits per heavy atom. The van der Waals surface area contributed by atoms with Crippen molar-refractivity contribution < 1.29 is 8.83 Å². The van der Waals surface area contributed by atoms with Crippen LogP contribution in [0.25, 0.3) is 133 Å². The van der Waals surface area contributed by atoms with Crippen LogP contribution in [0.2, 0.25) is 0 Å². The molecule has 0 spiro atoms. The number of benzene rings is 12. The second kappa shape index (κ2) is 18.1. The summed E-state index contributed by atoms with van der Waals surface area (Å²) in [5, 5.41) is 13.3. The van der Waals surface area contributed by atoms with E-state index in [0.29, 0.717) is 0 Å². The molecule has 6 nitrogen and oxygen atoms in total. The van der Waals surface area contributed by atoms with Crippen LogP contribution in [-0.2, 0) is 0 Å². The average molecular weight is 1090 g/mol. The third-order valence-corrected chi connectivity index (χ3v) is 18.0. The van der Waals surface area contributed by atoms with Crippen molar-refractivity contribution in [3.8, 4) is 22.3 Å². The number of aryl methyl sites for hydroxylation is 1. The van der Waals surface area contributed by atoms with E-state index in [1.165, 1.54) is 32.8 Å². The largest absolute Gasteiger partial charge is 0.454 e. The van der Waals surface area contributed by atoms with E-state index in [0.717, 1.165) is 144 Å². The van der Waals surface area contributed by atoms with Gasteiger partial charge in [0.05, 0.1) is 50.2 Å². The van der Waals surface area contributed by atoms with Crippen molar-refractivity contribution in [2.45, 2.75) is 6.92 Å². The predicted octanol–water partition coefficient (Wildman–Crippen LogP) is 20.3. The van der Waals surface area contributed by atoms with E-state index in [1.807, 2.05) is 12.1 Å². The quantitative estimate of drug-likeness (QED) is 0.144. The van der Waals surface area contributed by atoms with Crippen molar-refractivity contribution in [3.63, 3.8) is 0 Å². The van der Waals surface area contributed by atoms with Gasteiger partial charge in [-0.1, -0.05) is 201 Å². The first kappa shape index (κ1) is 47.3. The van der Waals surface area contributed by atoms with Crippen molar-refractivity contribution in [2.75, 3.05) is 9.80 Å². The van der Waals surface area contributed by atoms with Crippen molar-refractivity contribution >= 4 is 145 Å². The zero-order valence-corrected chi connectivity index (χ0v) is 46.3. The van der Waals surface area contributed by atoms with E-state index in [2.05, 4.69) is 286 Å². The van der Waals surface area contributed by atoms with Gasteiger partial charge in [0, 0.05) is 81.7 Å². The standard InChI is InChI=1S/C79H50N4O2/c1-48-56-43-45-67(81(54-39-35-52(36-40-54)50-19-5-3-6-20-50)69-31-17-27-60-57-23-11-15-33-72(57)84-78(60)69)74-63-26-10-14-30-66(63)83(76(56)74)71(48)47-64-49(2)80-65-29-13-9-25-62(65)75-68(46-44-59(64)77(75)80)82(55-41-37-53(38-42-55)51-21-7-4-8-22-51)70-32-18-28-61-58-24-12-16-34-73(58)85-79(61)70/h3-47H,1H2,2H3/b71-47+. The van der Waals surface area contributed by atoms with Crippen molar-refractivity contribution in [3.05, 3.63) is 289 Å². The Labute approximate surface area is 487 Å². The minimum atomic E-state index is 0.838. The smallest absolute Gasteiger partial charge is 0.159 e. The fourth-order valence-electron chi connectivity index (χ4n) is 14.1. The second-order valence-electron chi connectivity index (χ2n) is 22.4. The molecule has 0 saturated carbocycles. The Morgan fingerprint density at radius 2 is 0.753 bits per heavy atom. The molecule has 0 aliphatic heterocycles. The Bertz CT molecular complexity index is 5810. The van der Waals surface area contributed by atoms with Gasteiger partial charge in [0.2, 0.25) is 0 Å². The summed E-state index contributed by atoms with van der Waals surface area (Å²) in [7, 11) is 0. The Morgan fingerprint density at radius 1 is 0.341 bits per heavy atom. The van der Waals surface area contributed by atoms with Gasteiger partial charge < -0.3 is 27.4 Å². The van der Waals surface area contributed by atoms with E-state index in [4.69, 9.17) is 15.4 Å². The Kier molecular flexibility index (Phi) is 10.1. The molecule has 6 aromatic heterocycles. The molecule has 398 valence electrons. The van der Waals surface area contributed by atoms with Crippen molar-refractivity contribution in [2.24, 2.45) is 0 Å². The van der Waals surface area contributed by atoms with Crippen LogP contribution in [0.15, 0.2) is 276 Å². The van der Waals surface area contributed by atoms with E-state index < -0.39 is 0 Å². The Hall–Kier alpha value is -11.3. The highest BCUT2D eigenvalue weighted by Crippen LogP contribution is 2.51. The Balaban J connectivity index is 0.872. The number of para-hydroxylation sites is 6. The van der Waals surface area contributed by atoms with Gasteiger partial charge in [0.1, 0.15) is 11.2 Å². The highest BCUT2D eigenvalue weighted by molar-refractivity contribution is 6.25.